The predicted molar refractivity (Wildman–Crippen MR) is 67.8 cm³/mol. The molecule has 0 saturated heterocycles. The topological polar surface area (TPSA) is 63.3 Å². The zero-order valence-corrected chi connectivity index (χ0v) is 10.2. The van der Waals surface area contributed by atoms with E-state index in [0.717, 1.165) is 34.7 Å². The summed E-state index contributed by atoms with van der Waals surface area (Å²) in [5.41, 5.74) is 7.86. The molecule has 16 heavy (non-hydrogen) atoms. The van der Waals surface area contributed by atoms with Crippen LogP contribution < -0.4 is 5.73 Å². The van der Waals surface area contributed by atoms with Gasteiger partial charge in [-0.2, -0.15) is 0 Å². The first kappa shape index (κ1) is 12.9. The largest absolute Gasteiger partial charge is 0.481 e. The third kappa shape index (κ3) is 4.14. The molecule has 1 aromatic carbocycles. The number of thioether (sulfide) groups is 1. The normalized spacial score (nSPS) is 10.3. The number of para-hydroxylation sites is 1. The summed E-state index contributed by atoms with van der Waals surface area (Å²) in [6.07, 6.45) is 1.89. The van der Waals surface area contributed by atoms with E-state index in [9.17, 15) is 4.79 Å². The molecule has 0 aliphatic carbocycles. The molecule has 0 fully saturated rings. The molecule has 1 rings (SSSR count). The highest BCUT2D eigenvalue weighted by atomic mass is 32.2. The number of carboxylic acid groups (broad SMARTS) is 1. The highest BCUT2D eigenvalue weighted by Gasteiger charge is 2.02. The molecule has 0 heterocycles. The van der Waals surface area contributed by atoms with Crippen LogP contribution in [0.5, 0.6) is 0 Å². The Kier molecular flexibility index (Phi) is 5.19. The van der Waals surface area contributed by atoms with Crippen LogP contribution in [0.1, 0.15) is 24.8 Å². The summed E-state index contributed by atoms with van der Waals surface area (Å²) in [5.74, 6) is 0.195. The van der Waals surface area contributed by atoms with Crippen molar-refractivity contribution in [1.82, 2.24) is 0 Å². The number of nitrogen functional groups attached to an aromatic ring is 1. The van der Waals surface area contributed by atoms with E-state index in [1.807, 2.05) is 25.1 Å². The first-order valence-electron chi connectivity index (χ1n) is 5.31. The van der Waals surface area contributed by atoms with Gasteiger partial charge in [-0.1, -0.05) is 12.1 Å². The summed E-state index contributed by atoms with van der Waals surface area (Å²) in [6, 6.07) is 5.99. The van der Waals surface area contributed by atoms with E-state index in [1.165, 1.54) is 0 Å². The first-order chi connectivity index (χ1) is 7.61. The van der Waals surface area contributed by atoms with Crippen molar-refractivity contribution in [1.29, 1.82) is 0 Å². The van der Waals surface area contributed by atoms with Gasteiger partial charge in [-0.15, -0.1) is 11.8 Å². The number of benzene rings is 1. The van der Waals surface area contributed by atoms with Gasteiger partial charge in [-0.05, 0) is 37.1 Å². The van der Waals surface area contributed by atoms with Crippen LogP contribution in [0.4, 0.5) is 5.69 Å². The molecule has 0 saturated carbocycles. The third-order valence-corrected chi connectivity index (χ3v) is 3.49. The van der Waals surface area contributed by atoms with Gasteiger partial charge < -0.3 is 10.8 Å². The van der Waals surface area contributed by atoms with Crippen molar-refractivity contribution in [2.45, 2.75) is 31.1 Å². The molecule has 0 aliphatic heterocycles. The maximum absolute atomic E-state index is 10.3. The minimum Gasteiger partial charge on any atom is -0.481 e. The Bertz CT molecular complexity index is 366. The molecule has 0 spiro atoms. The van der Waals surface area contributed by atoms with Gasteiger partial charge in [0.05, 0.1) is 0 Å². The Balaban J connectivity index is 2.32. The monoisotopic (exact) mass is 239 g/mol. The molecule has 3 N–H and O–H groups in total. The quantitative estimate of drug-likeness (QED) is 0.455. The molecule has 0 aliphatic rings. The van der Waals surface area contributed by atoms with Gasteiger partial charge in [0.15, 0.2) is 0 Å². The molecular weight excluding hydrogens is 222 g/mol. The molecule has 3 nitrogen and oxygen atoms in total. The number of rotatable bonds is 6. The van der Waals surface area contributed by atoms with Crippen molar-refractivity contribution < 1.29 is 9.90 Å². The van der Waals surface area contributed by atoms with Gasteiger partial charge in [0.25, 0.3) is 0 Å². The molecule has 4 heteroatoms. The standard InChI is InChI=1S/C12H17NO2S/c1-9-5-4-6-10(12(9)13)16-8-3-2-7-11(14)15/h4-6H,2-3,7-8,13H2,1H3,(H,14,15). The number of carbonyl (C=O) groups is 1. The van der Waals surface area contributed by atoms with Gasteiger partial charge in [-0.3, -0.25) is 4.79 Å². The van der Waals surface area contributed by atoms with E-state index >= 15 is 0 Å². The van der Waals surface area contributed by atoms with Gasteiger partial charge >= 0.3 is 5.97 Å². The lowest BCUT2D eigenvalue weighted by molar-refractivity contribution is -0.137. The highest BCUT2D eigenvalue weighted by Crippen LogP contribution is 2.28. The summed E-state index contributed by atoms with van der Waals surface area (Å²) in [4.78, 5) is 11.4. The highest BCUT2D eigenvalue weighted by molar-refractivity contribution is 7.99. The Hall–Kier alpha value is -1.16. The fourth-order valence-corrected chi connectivity index (χ4v) is 2.40. The van der Waals surface area contributed by atoms with Crippen molar-refractivity contribution in [3.63, 3.8) is 0 Å². The zero-order chi connectivity index (χ0) is 12.0. The van der Waals surface area contributed by atoms with Gasteiger partial charge in [0.1, 0.15) is 0 Å². The number of aryl methyl sites for hydroxylation is 1. The molecular formula is C12H17NO2S. The SMILES string of the molecule is Cc1cccc(SCCCCC(=O)O)c1N. The molecule has 1 aromatic rings. The smallest absolute Gasteiger partial charge is 0.303 e. The van der Waals surface area contributed by atoms with E-state index in [4.69, 9.17) is 10.8 Å². The second-order valence-corrected chi connectivity index (χ2v) is 4.82. The number of hydrogen-bond acceptors (Lipinski definition) is 3. The maximum atomic E-state index is 10.3. The van der Waals surface area contributed by atoms with Gasteiger partial charge in [-0.25, -0.2) is 0 Å². The average molecular weight is 239 g/mol. The number of aliphatic carboxylic acids is 1. The Labute approximate surface area is 100 Å². The molecule has 0 aromatic heterocycles. The number of nitrogens with two attached hydrogens (primary N) is 1. The minimum absolute atomic E-state index is 0.254. The number of hydrogen-bond donors (Lipinski definition) is 2. The Morgan fingerprint density at radius 1 is 1.44 bits per heavy atom. The van der Waals surface area contributed by atoms with Crippen LogP contribution in [0.25, 0.3) is 0 Å². The van der Waals surface area contributed by atoms with Crippen molar-refractivity contribution in [3.05, 3.63) is 23.8 Å². The fraction of sp³-hybridized carbons (Fsp3) is 0.417. The van der Waals surface area contributed by atoms with Crippen LogP contribution in [0.15, 0.2) is 23.1 Å². The molecule has 88 valence electrons. The maximum Gasteiger partial charge on any atom is 0.303 e. The van der Waals surface area contributed by atoms with Crippen molar-refractivity contribution in [2.24, 2.45) is 0 Å². The second-order valence-electron chi connectivity index (χ2n) is 3.69. The number of anilines is 1. The third-order valence-electron chi connectivity index (χ3n) is 2.33. The lowest BCUT2D eigenvalue weighted by atomic mass is 10.2. The Morgan fingerprint density at radius 3 is 2.88 bits per heavy atom. The van der Waals surface area contributed by atoms with Crippen LogP contribution in [0.3, 0.4) is 0 Å². The Morgan fingerprint density at radius 2 is 2.19 bits per heavy atom. The molecule has 0 bridgehead atoms. The van der Waals surface area contributed by atoms with Crippen LogP contribution in [0, 0.1) is 6.92 Å². The van der Waals surface area contributed by atoms with E-state index < -0.39 is 5.97 Å². The second kappa shape index (κ2) is 6.43. The van der Waals surface area contributed by atoms with E-state index in [1.54, 1.807) is 11.8 Å². The average Bonchev–Trinajstić information content (AvgIpc) is 2.23. The molecule has 0 unspecified atom stereocenters. The lowest BCUT2D eigenvalue weighted by Gasteiger charge is -2.07. The van der Waals surface area contributed by atoms with E-state index in [2.05, 4.69) is 0 Å². The predicted octanol–water partition coefficient (Wildman–Crippen LogP) is 2.92. The summed E-state index contributed by atoms with van der Waals surface area (Å²) in [6.45, 7) is 1.99. The van der Waals surface area contributed by atoms with E-state index in [-0.39, 0.29) is 6.42 Å². The van der Waals surface area contributed by atoms with Gasteiger partial charge in [0, 0.05) is 17.0 Å². The lowest BCUT2D eigenvalue weighted by Crippen LogP contribution is -1.95. The molecule has 0 atom stereocenters. The van der Waals surface area contributed by atoms with Crippen molar-refractivity contribution in [3.8, 4) is 0 Å². The van der Waals surface area contributed by atoms with Gasteiger partial charge in [0.2, 0.25) is 0 Å². The number of carboxylic acids is 1. The van der Waals surface area contributed by atoms with Crippen LogP contribution >= 0.6 is 11.8 Å². The summed E-state index contributed by atoms with van der Waals surface area (Å²) < 4.78 is 0. The van der Waals surface area contributed by atoms with Crippen LogP contribution in [0.2, 0.25) is 0 Å². The summed E-state index contributed by atoms with van der Waals surface area (Å²) >= 11 is 1.69. The van der Waals surface area contributed by atoms with E-state index in [0.29, 0.717) is 0 Å². The zero-order valence-electron chi connectivity index (χ0n) is 9.40. The molecule has 0 radical (unpaired) electrons. The van der Waals surface area contributed by atoms with Crippen LogP contribution in [-0.4, -0.2) is 16.8 Å². The fourth-order valence-electron chi connectivity index (χ4n) is 1.34. The van der Waals surface area contributed by atoms with Crippen molar-refractivity contribution >= 4 is 23.4 Å². The minimum atomic E-state index is -0.722. The first-order valence-corrected chi connectivity index (χ1v) is 6.29. The summed E-state index contributed by atoms with van der Waals surface area (Å²) in [7, 11) is 0. The summed E-state index contributed by atoms with van der Waals surface area (Å²) in [5, 5.41) is 8.48. The van der Waals surface area contributed by atoms with Crippen molar-refractivity contribution in [2.75, 3.05) is 11.5 Å². The number of unbranched alkanes of at least 4 members (excludes halogenated alkanes) is 1. The van der Waals surface area contributed by atoms with Crippen LogP contribution in [-0.2, 0) is 4.79 Å². The molecule has 0 amide bonds.